The molecule has 6 rings (SSSR count). The molecule has 2 aliphatic rings. The van der Waals surface area contributed by atoms with Crippen LogP contribution in [0.3, 0.4) is 0 Å². The first-order valence-electron chi connectivity index (χ1n) is 11.6. The minimum atomic E-state index is -0.143. The Balaban J connectivity index is 1.28. The molecule has 0 unspecified atom stereocenters. The largest absolute Gasteiger partial charge is 0.390 e. The number of hydrogen-bond donors (Lipinski definition) is 3. The van der Waals surface area contributed by atoms with E-state index in [4.69, 9.17) is 15.7 Å². The molecule has 2 aromatic carbocycles. The Hall–Kier alpha value is -3.29. The highest BCUT2D eigenvalue weighted by Crippen LogP contribution is 2.51. The summed E-state index contributed by atoms with van der Waals surface area (Å²) in [5.74, 6) is 0.794. The number of nitrogens with one attached hydrogen (secondary N) is 1. The molecule has 1 fully saturated rings. The van der Waals surface area contributed by atoms with Crippen molar-refractivity contribution in [2.24, 2.45) is 11.1 Å². The molecule has 2 aromatic heterocycles. The number of aliphatic hydroxyl groups excluding tert-OH is 1. The fourth-order valence-electron chi connectivity index (χ4n) is 5.73. The van der Waals surface area contributed by atoms with Gasteiger partial charge in [-0.2, -0.15) is 5.10 Å². The second kappa shape index (κ2) is 7.64. The Morgan fingerprint density at radius 2 is 1.97 bits per heavy atom. The van der Waals surface area contributed by atoms with E-state index in [1.807, 2.05) is 19.1 Å². The first kappa shape index (κ1) is 20.3. The lowest BCUT2D eigenvalue weighted by Gasteiger charge is -2.43. The Morgan fingerprint density at radius 1 is 1.15 bits per heavy atom. The molecule has 0 bridgehead atoms. The molecule has 168 valence electrons. The minimum Gasteiger partial charge on any atom is -0.390 e. The van der Waals surface area contributed by atoms with Crippen molar-refractivity contribution in [2.45, 2.75) is 38.8 Å². The van der Waals surface area contributed by atoms with Gasteiger partial charge in [0.2, 0.25) is 0 Å². The van der Waals surface area contributed by atoms with Gasteiger partial charge in [0.25, 0.3) is 0 Å². The van der Waals surface area contributed by atoms with E-state index >= 15 is 0 Å². The van der Waals surface area contributed by atoms with Crippen LogP contribution >= 0.6 is 0 Å². The molecule has 0 radical (unpaired) electrons. The van der Waals surface area contributed by atoms with E-state index in [0.29, 0.717) is 5.69 Å². The molecule has 1 aliphatic carbocycles. The van der Waals surface area contributed by atoms with Crippen molar-refractivity contribution in [1.82, 2.24) is 20.2 Å². The SMILES string of the molecule is Cc1nc(N2CCC3(CC2)Cc2ccccc2[C@H]3N)c(CO)nc1-c1ccc2[nH]ncc2c1. The zero-order valence-electron chi connectivity index (χ0n) is 18.8. The topological polar surface area (TPSA) is 104 Å². The number of fused-ring (bicyclic) bond motifs is 2. The highest BCUT2D eigenvalue weighted by molar-refractivity contribution is 5.83. The van der Waals surface area contributed by atoms with Crippen molar-refractivity contribution in [1.29, 1.82) is 0 Å². The molecule has 7 heteroatoms. The molecular weight excluding hydrogens is 412 g/mol. The van der Waals surface area contributed by atoms with Crippen LogP contribution in [-0.2, 0) is 13.0 Å². The standard InChI is InChI=1S/C26H28N6O/c1-16-23(17-6-7-21-19(12-17)14-28-31-21)30-22(15-33)25(29-16)32-10-8-26(9-11-32)13-18-4-2-3-5-20(18)24(26)27/h2-7,12,14,24,33H,8-11,13,15,27H2,1H3,(H,28,31)/t24-/m1/s1. The number of hydrogen-bond acceptors (Lipinski definition) is 6. The summed E-state index contributed by atoms with van der Waals surface area (Å²) in [6, 6.07) is 14.7. The number of aromatic amines is 1. The number of aryl methyl sites for hydroxylation is 1. The molecule has 0 amide bonds. The summed E-state index contributed by atoms with van der Waals surface area (Å²) in [5, 5.41) is 18.3. The third-order valence-corrected chi connectivity index (χ3v) is 7.64. The van der Waals surface area contributed by atoms with Crippen molar-refractivity contribution in [2.75, 3.05) is 18.0 Å². The minimum absolute atomic E-state index is 0.0844. The van der Waals surface area contributed by atoms with Gasteiger partial charge in [-0.1, -0.05) is 30.3 Å². The smallest absolute Gasteiger partial charge is 0.153 e. The average Bonchev–Trinajstić information content (AvgIpc) is 3.42. The molecule has 33 heavy (non-hydrogen) atoms. The summed E-state index contributed by atoms with van der Waals surface area (Å²) in [7, 11) is 0. The Bertz CT molecular complexity index is 1340. The maximum atomic E-state index is 10.2. The van der Waals surface area contributed by atoms with Gasteiger partial charge in [-0.3, -0.25) is 5.10 Å². The van der Waals surface area contributed by atoms with E-state index in [0.717, 1.165) is 66.0 Å². The molecule has 1 atom stereocenters. The lowest BCUT2D eigenvalue weighted by atomic mass is 9.73. The molecule has 1 saturated heterocycles. The zero-order chi connectivity index (χ0) is 22.6. The summed E-state index contributed by atoms with van der Waals surface area (Å²) < 4.78 is 0. The monoisotopic (exact) mass is 440 g/mol. The number of aromatic nitrogens is 4. The van der Waals surface area contributed by atoms with Crippen molar-refractivity contribution in [3.05, 3.63) is 71.2 Å². The van der Waals surface area contributed by atoms with E-state index in [2.05, 4.69) is 45.4 Å². The summed E-state index contributed by atoms with van der Waals surface area (Å²) in [6.45, 7) is 3.57. The molecule has 1 spiro atoms. The van der Waals surface area contributed by atoms with E-state index in [1.165, 1.54) is 11.1 Å². The van der Waals surface area contributed by atoms with Crippen LogP contribution in [0.15, 0.2) is 48.7 Å². The number of piperidine rings is 1. The zero-order valence-corrected chi connectivity index (χ0v) is 18.8. The second-order valence-corrected chi connectivity index (χ2v) is 9.46. The molecule has 1 aliphatic heterocycles. The van der Waals surface area contributed by atoms with E-state index in [-0.39, 0.29) is 18.1 Å². The van der Waals surface area contributed by atoms with E-state index < -0.39 is 0 Å². The van der Waals surface area contributed by atoms with Gasteiger partial charge in [0.1, 0.15) is 5.69 Å². The number of aliphatic hydroxyl groups is 1. The van der Waals surface area contributed by atoms with Crippen molar-refractivity contribution >= 4 is 16.7 Å². The van der Waals surface area contributed by atoms with Gasteiger partial charge in [0.15, 0.2) is 5.82 Å². The Kier molecular flexibility index (Phi) is 4.71. The summed E-state index contributed by atoms with van der Waals surface area (Å²) >= 11 is 0. The lowest BCUT2D eigenvalue weighted by Crippen LogP contribution is -2.45. The van der Waals surface area contributed by atoms with E-state index in [9.17, 15) is 5.11 Å². The third-order valence-electron chi connectivity index (χ3n) is 7.64. The molecule has 3 heterocycles. The quantitative estimate of drug-likeness (QED) is 0.449. The fourth-order valence-corrected chi connectivity index (χ4v) is 5.73. The lowest BCUT2D eigenvalue weighted by molar-refractivity contribution is 0.186. The highest BCUT2D eigenvalue weighted by Gasteiger charge is 2.46. The van der Waals surface area contributed by atoms with Gasteiger partial charge in [-0.15, -0.1) is 0 Å². The van der Waals surface area contributed by atoms with E-state index in [1.54, 1.807) is 6.20 Å². The number of benzene rings is 2. The van der Waals surface area contributed by atoms with Crippen LogP contribution in [0.25, 0.3) is 22.2 Å². The van der Waals surface area contributed by atoms with Crippen LogP contribution in [0.1, 0.15) is 41.4 Å². The van der Waals surface area contributed by atoms with Crippen LogP contribution < -0.4 is 10.6 Å². The van der Waals surface area contributed by atoms with Gasteiger partial charge < -0.3 is 15.7 Å². The predicted molar refractivity (Wildman–Crippen MR) is 129 cm³/mol. The van der Waals surface area contributed by atoms with Gasteiger partial charge in [0.05, 0.1) is 29.7 Å². The third kappa shape index (κ3) is 3.22. The fraction of sp³-hybridized carbons (Fsp3) is 0.346. The van der Waals surface area contributed by atoms with Gasteiger partial charge in [-0.05, 0) is 54.9 Å². The van der Waals surface area contributed by atoms with Gasteiger partial charge in [-0.25, -0.2) is 9.97 Å². The maximum absolute atomic E-state index is 10.2. The van der Waals surface area contributed by atoms with Crippen LogP contribution in [0.2, 0.25) is 0 Å². The first-order valence-corrected chi connectivity index (χ1v) is 11.6. The van der Waals surface area contributed by atoms with Gasteiger partial charge >= 0.3 is 0 Å². The second-order valence-electron chi connectivity index (χ2n) is 9.46. The van der Waals surface area contributed by atoms with Crippen molar-refractivity contribution in [3.8, 4) is 11.3 Å². The summed E-state index contributed by atoms with van der Waals surface area (Å²) in [6.07, 6.45) is 4.87. The molecular formula is C26H28N6O. The van der Waals surface area contributed by atoms with Crippen molar-refractivity contribution < 1.29 is 5.11 Å². The van der Waals surface area contributed by atoms with Crippen LogP contribution in [-0.4, -0.2) is 38.4 Å². The van der Waals surface area contributed by atoms with Crippen molar-refractivity contribution in [3.63, 3.8) is 0 Å². The molecule has 0 saturated carbocycles. The number of H-pyrrole nitrogens is 1. The summed E-state index contributed by atoms with van der Waals surface area (Å²) in [4.78, 5) is 12.1. The highest BCUT2D eigenvalue weighted by atomic mass is 16.3. The summed E-state index contributed by atoms with van der Waals surface area (Å²) in [5.41, 5.74) is 13.8. The molecule has 7 nitrogen and oxygen atoms in total. The van der Waals surface area contributed by atoms with Gasteiger partial charge in [0, 0.05) is 30.1 Å². The molecule has 4 aromatic rings. The first-order chi connectivity index (χ1) is 16.1. The normalized spacial score (nSPS) is 19.4. The number of anilines is 1. The number of nitrogens with two attached hydrogens (primary N) is 1. The molecule has 4 N–H and O–H groups in total. The van der Waals surface area contributed by atoms with Crippen LogP contribution in [0.4, 0.5) is 5.82 Å². The number of rotatable bonds is 3. The van der Waals surface area contributed by atoms with Crippen LogP contribution in [0.5, 0.6) is 0 Å². The number of nitrogens with zero attached hydrogens (tertiary/aromatic N) is 4. The predicted octanol–water partition coefficient (Wildman–Crippen LogP) is 3.66. The maximum Gasteiger partial charge on any atom is 0.153 e. The van der Waals surface area contributed by atoms with Crippen LogP contribution in [0, 0.1) is 12.3 Å². The Morgan fingerprint density at radius 3 is 2.76 bits per heavy atom. The average molecular weight is 441 g/mol. The Labute approximate surface area is 192 Å².